The Morgan fingerprint density at radius 1 is 1.30 bits per heavy atom. The van der Waals surface area contributed by atoms with Crippen LogP contribution in [0.25, 0.3) is 0 Å². The summed E-state index contributed by atoms with van der Waals surface area (Å²) in [6.07, 6.45) is 2.17. The first-order chi connectivity index (χ1) is 12.9. The number of hydrogen-bond donors (Lipinski definition) is 1. The molecule has 6 nitrogen and oxygen atoms in total. The Bertz CT molecular complexity index is 916. The molecule has 1 aromatic carbocycles. The highest BCUT2D eigenvalue weighted by atomic mass is 32.2. The summed E-state index contributed by atoms with van der Waals surface area (Å²) in [7, 11) is -2.97. The molecule has 0 bridgehead atoms. The number of aromatic nitrogens is 1. The summed E-state index contributed by atoms with van der Waals surface area (Å²) in [5.41, 5.74) is 1.41. The predicted octanol–water partition coefficient (Wildman–Crippen LogP) is 2.16. The predicted molar refractivity (Wildman–Crippen MR) is 102 cm³/mol. The zero-order valence-electron chi connectivity index (χ0n) is 15.1. The van der Waals surface area contributed by atoms with Crippen molar-refractivity contribution in [3.05, 3.63) is 59.7 Å². The molecule has 3 rings (SSSR count). The molecule has 0 aliphatic carbocycles. The fourth-order valence-electron chi connectivity index (χ4n) is 3.27. The van der Waals surface area contributed by atoms with E-state index < -0.39 is 15.7 Å². The van der Waals surface area contributed by atoms with Crippen LogP contribution in [0.5, 0.6) is 0 Å². The summed E-state index contributed by atoms with van der Waals surface area (Å²) >= 11 is 0. The Kier molecular flexibility index (Phi) is 5.74. The van der Waals surface area contributed by atoms with Gasteiger partial charge in [0.1, 0.15) is 11.5 Å². The molecule has 1 saturated heterocycles. The number of rotatable bonds is 6. The summed E-state index contributed by atoms with van der Waals surface area (Å²) in [4.78, 5) is 18.4. The van der Waals surface area contributed by atoms with Crippen LogP contribution >= 0.6 is 0 Å². The quantitative estimate of drug-likeness (QED) is 0.816. The van der Waals surface area contributed by atoms with E-state index in [1.54, 1.807) is 36.5 Å². The molecule has 1 aliphatic heterocycles. The van der Waals surface area contributed by atoms with Gasteiger partial charge in [-0.15, -0.1) is 0 Å². The van der Waals surface area contributed by atoms with Crippen molar-refractivity contribution < 1.29 is 17.6 Å². The lowest BCUT2D eigenvalue weighted by Crippen LogP contribution is -2.36. The van der Waals surface area contributed by atoms with Crippen molar-refractivity contribution in [3.63, 3.8) is 0 Å². The molecule has 1 atom stereocenters. The van der Waals surface area contributed by atoms with Gasteiger partial charge in [0.25, 0.3) is 5.91 Å². The van der Waals surface area contributed by atoms with E-state index in [1.807, 2.05) is 11.8 Å². The molecule has 1 aliphatic rings. The number of sulfone groups is 1. The number of carbonyl (C=O) groups excluding carboxylic acids is 1. The van der Waals surface area contributed by atoms with E-state index in [2.05, 4.69) is 10.3 Å². The second kappa shape index (κ2) is 8.04. The van der Waals surface area contributed by atoms with Gasteiger partial charge in [-0.3, -0.25) is 4.79 Å². The van der Waals surface area contributed by atoms with Gasteiger partial charge in [-0.05, 0) is 31.5 Å². The summed E-state index contributed by atoms with van der Waals surface area (Å²) in [5.74, 6) is -0.411. The molecule has 0 radical (unpaired) electrons. The van der Waals surface area contributed by atoms with Gasteiger partial charge in [0.05, 0.1) is 23.4 Å². The second-order valence-corrected chi connectivity index (χ2v) is 8.75. The largest absolute Gasteiger partial charge is 0.367 e. The van der Waals surface area contributed by atoms with Crippen LogP contribution in [0.1, 0.15) is 29.4 Å². The molecule has 2 heterocycles. The van der Waals surface area contributed by atoms with E-state index in [-0.39, 0.29) is 35.6 Å². The number of nitrogens with one attached hydrogen (secondary N) is 1. The van der Waals surface area contributed by atoms with Gasteiger partial charge in [-0.2, -0.15) is 0 Å². The lowest BCUT2D eigenvalue weighted by molar-refractivity contribution is 0.0945. The first kappa shape index (κ1) is 19.3. The molecule has 8 heteroatoms. The number of benzene rings is 1. The van der Waals surface area contributed by atoms with Crippen molar-refractivity contribution in [2.24, 2.45) is 0 Å². The van der Waals surface area contributed by atoms with Gasteiger partial charge < -0.3 is 10.2 Å². The summed E-state index contributed by atoms with van der Waals surface area (Å²) in [6.45, 7) is 2.69. The maximum Gasteiger partial charge on any atom is 0.270 e. The van der Waals surface area contributed by atoms with Crippen LogP contribution in [0, 0.1) is 5.82 Å². The van der Waals surface area contributed by atoms with E-state index in [9.17, 15) is 17.6 Å². The van der Waals surface area contributed by atoms with E-state index in [0.29, 0.717) is 18.5 Å². The standard InChI is InChI=1S/C19H22FN3O3S/c1-2-23(16-9-10-27(25,26)13-16)15-7-8-18(21-12-15)19(24)22-11-14-5-3-4-6-17(14)20/h3-8,12,16H,2,9-11,13H2,1H3,(H,22,24). The van der Waals surface area contributed by atoms with E-state index in [4.69, 9.17) is 0 Å². The third-order valence-corrected chi connectivity index (χ3v) is 6.45. The minimum absolute atomic E-state index is 0.0671. The fraction of sp³-hybridized carbons (Fsp3) is 0.368. The number of hydrogen-bond acceptors (Lipinski definition) is 5. The number of anilines is 1. The van der Waals surface area contributed by atoms with Gasteiger partial charge in [0.15, 0.2) is 9.84 Å². The molecular weight excluding hydrogens is 369 g/mol. The first-order valence-corrected chi connectivity index (χ1v) is 10.7. The van der Waals surface area contributed by atoms with Crippen LogP contribution in [0.2, 0.25) is 0 Å². The van der Waals surface area contributed by atoms with Crippen LogP contribution in [0.15, 0.2) is 42.6 Å². The van der Waals surface area contributed by atoms with Crippen molar-refractivity contribution in [3.8, 4) is 0 Å². The van der Waals surface area contributed by atoms with Crippen molar-refractivity contribution >= 4 is 21.4 Å². The van der Waals surface area contributed by atoms with Crippen molar-refractivity contribution in [1.29, 1.82) is 0 Å². The molecule has 1 unspecified atom stereocenters. The van der Waals surface area contributed by atoms with Crippen LogP contribution in [0.3, 0.4) is 0 Å². The van der Waals surface area contributed by atoms with Crippen LogP contribution in [-0.2, 0) is 16.4 Å². The Hall–Kier alpha value is -2.48. The van der Waals surface area contributed by atoms with Crippen molar-refractivity contribution in [2.75, 3.05) is 23.0 Å². The molecule has 1 amide bonds. The molecular formula is C19H22FN3O3S. The minimum Gasteiger partial charge on any atom is -0.367 e. The first-order valence-electron chi connectivity index (χ1n) is 8.84. The highest BCUT2D eigenvalue weighted by Crippen LogP contribution is 2.23. The average molecular weight is 391 g/mol. The normalized spacial score (nSPS) is 18.2. The molecule has 2 aromatic rings. The van der Waals surface area contributed by atoms with Crippen LogP contribution in [-0.4, -0.2) is 43.4 Å². The Morgan fingerprint density at radius 3 is 2.67 bits per heavy atom. The topological polar surface area (TPSA) is 79.4 Å². The summed E-state index contributed by atoms with van der Waals surface area (Å²) in [6, 6.07) is 9.55. The lowest BCUT2D eigenvalue weighted by Gasteiger charge is -2.28. The smallest absolute Gasteiger partial charge is 0.270 e. The molecule has 0 spiro atoms. The van der Waals surface area contributed by atoms with E-state index >= 15 is 0 Å². The van der Waals surface area contributed by atoms with Crippen molar-refractivity contribution in [2.45, 2.75) is 25.9 Å². The van der Waals surface area contributed by atoms with Crippen molar-refractivity contribution in [1.82, 2.24) is 10.3 Å². The number of nitrogens with zero attached hydrogens (tertiary/aromatic N) is 2. The SMILES string of the molecule is CCN(c1ccc(C(=O)NCc2ccccc2F)nc1)C1CCS(=O)(=O)C1. The summed E-state index contributed by atoms with van der Waals surface area (Å²) in [5, 5.41) is 2.65. The maximum absolute atomic E-state index is 13.6. The van der Waals surface area contributed by atoms with Crippen LogP contribution < -0.4 is 10.2 Å². The maximum atomic E-state index is 13.6. The summed E-state index contributed by atoms with van der Waals surface area (Å²) < 4.78 is 37.1. The van der Waals surface area contributed by atoms with E-state index in [0.717, 1.165) is 5.69 Å². The lowest BCUT2D eigenvalue weighted by atomic mass is 10.2. The van der Waals surface area contributed by atoms with Gasteiger partial charge in [-0.1, -0.05) is 18.2 Å². The van der Waals surface area contributed by atoms with E-state index in [1.165, 1.54) is 6.07 Å². The number of carbonyl (C=O) groups is 1. The molecule has 1 N–H and O–H groups in total. The van der Waals surface area contributed by atoms with Crippen LogP contribution in [0.4, 0.5) is 10.1 Å². The second-order valence-electron chi connectivity index (χ2n) is 6.52. The third kappa shape index (κ3) is 4.63. The fourth-order valence-corrected chi connectivity index (χ4v) is 5.00. The van der Waals surface area contributed by atoms with Gasteiger partial charge >= 0.3 is 0 Å². The molecule has 1 aromatic heterocycles. The van der Waals surface area contributed by atoms with Gasteiger partial charge in [-0.25, -0.2) is 17.8 Å². The third-order valence-electron chi connectivity index (χ3n) is 4.70. The zero-order chi connectivity index (χ0) is 19.4. The Balaban J connectivity index is 1.65. The zero-order valence-corrected chi connectivity index (χ0v) is 15.9. The highest BCUT2D eigenvalue weighted by Gasteiger charge is 2.32. The minimum atomic E-state index is -2.97. The highest BCUT2D eigenvalue weighted by molar-refractivity contribution is 7.91. The molecule has 144 valence electrons. The number of amides is 1. The molecule has 27 heavy (non-hydrogen) atoms. The molecule has 1 fully saturated rings. The van der Waals surface area contributed by atoms with Gasteiger partial charge in [0.2, 0.25) is 0 Å². The number of pyridine rings is 1. The number of halogens is 1. The average Bonchev–Trinajstić information content (AvgIpc) is 3.01. The monoisotopic (exact) mass is 391 g/mol. The Labute approximate surface area is 158 Å². The van der Waals surface area contributed by atoms with Gasteiger partial charge in [0, 0.05) is 24.7 Å². The molecule has 0 saturated carbocycles. The Morgan fingerprint density at radius 2 is 2.07 bits per heavy atom.